The van der Waals surface area contributed by atoms with E-state index in [9.17, 15) is 14.0 Å². The minimum absolute atomic E-state index is 0.179. The van der Waals surface area contributed by atoms with Crippen molar-refractivity contribution in [3.63, 3.8) is 0 Å². The second-order valence-electron chi connectivity index (χ2n) is 5.89. The molecule has 29 heavy (non-hydrogen) atoms. The van der Waals surface area contributed by atoms with Gasteiger partial charge in [-0.05, 0) is 30.3 Å². The van der Waals surface area contributed by atoms with E-state index in [4.69, 9.17) is 9.47 Å². The summed E-state index contributed by atoms with van der Waals surface area (Å²) < 4.78 is 24.3. The first-order chi connectivity index (χ1) is 14.0. The average Bonchev–Trinajstić information content (AvgIpc) is 2.75. The Kier molecular flexibility index (Phi) is 6.03. The summed E-state index contributed by atoms with van der Waals surface area (Å²) in [6.07, 6.45) is 1.39. The maximum Gasteiger partial charge on any atom is 0.259 e. The van der Waals surface area contributed by atoms with Crippen molar-refractivity contribution >= 4 is 23.3 Å². The summed E-state index contributed by atoms with van der Waals surface area (Å²) in [5, 5.41) is 5.20. The maximum absolute atomic E-state index is 14.2. The molecule has 0 bridgehead atoms. The minimum Gasteiger partial charge on any atom is -0.493 e. The smallest absolute Gasteiger partial charge is 0.259 e. The third-order valence-electron chi connectivity index (χ3n) is 4.02. The number of halogens is 1. The van der Waals surface area contributed by atoms with Crippen LogP contribution >= 0.6 is 0 Å². The first kappa shape index (κ1) is 19.8. The molecule has 0 unspecified atom stereocenters. The SMILES string of the molecule is COc1cc(F)c(C(=O)Nc2ccc(NC(=O)c3ccccc3)cn2)cc1OC. The Bertz CT molecular complexity index is 1020. The van der Waals surface area contributed by atoms with Crippen LogP contribution in [0.3, 0.4) is 0 Å². The molecule has 2 amide bonds. The molecule has 2 N–H and O–H groups in total. The molecule has 0 aliphatic heterocycles. The van der Waals surface area contributed by atoms with Gasteiger partial charge in [-0.1, -0.05) is 18.2 Å². The molecule has 0 saturated carbocycles. The number of anilines is 2. The number of nitrogens with one attached hydrogen (secondary N) is 2. The molecule has 0 fully saturated rings. The fourth-order valence-electron chi connectivity index (χ4n) is 2.55. The predicted molar refractivity (Wildman–Crippen MR) is 106 cm³/mol. The third-order valence-corrected chi connectivity index (χ3v) is 4.02. The Labute approximate surface area is 166 Å². The van der Waals surface area contributed by atoms with Crippen LogP contribution in [0.15, 0.2) is 60.8 Å². The van der Waals surface area contributed by atoms with E-state index < -0.39 is 11.7 Å². The Morgan fingerprint density at radius 1 is 0.897 bits per heavy atom. The molecule has 0 saturated heterocycles. The second-order valence-corrected chi connectivity index (χ2v) is 5.89. The van der Waals surface area contributed by atoms with Gasteiger partial charge in [0.05, 0.1) is 31.7 Å². The zero-order chi connectivity index (χ0) is 20.8. The van der Waals surface area contributed by atoms with Crippen molar-refractivity contribution in [1.82, 2.24) is 4.98 Å². The highest BCUT2D eigenvalue weighted by Gasteiger charge is 2.17. The molecule has 1 heterocycles. The zero-order valence-corrected chi connectivity index (χ0v) is 15.7. The summed E-state index contributed by atoms with van der Waals surface area (Å²) >= 11 is 0. The molecule has 0 spiro atoms. The van der Waals surface area contributed by atoms with Crippen LogP contribution in [0.1, 0.15) is 20.7 Å². The van der Waals surface area contributed by atoms with E-state index in [1.807, 2.05) is 6.07 Å². The molecular formula is C21H18FN3O4. The summed E-state index contributed by atoms with van der Waals surface area (Å²) in [7, 11) is 2.76. The highest BCUT2D eigenvalue weighted by Crippen LogP contribution is 2.30. The summed E-state index contributed by atoms with van der Waals surface area (Å²) in [6.45, 7) is 0. The van der Waals surface area contributed by atoms with Gasteiger partial charge in [-0.3, -0.25) is 9.59 Å². The molecule has 0 radical (unpaired) electrons. The van der Waals surface area contributed by atoms with E-state index in [-0.39, 0.29) is 28.8 Å². The highest BCUT2D eigenvalue weighted by atomic mass is 19.1. The van der Waals surface area contributed by atoms with Crippen molar-refractivity contribution in [3.8, 4) is 11.5 Å². The monoisotopic (exact) mass is 395 g/mol. The van der Waals surface area contributed by atoms with Crippen molar-refractivity contribution in [2.75, 3.05) is 24.9 Å². The van der Waals surface area contributed by atoms with E-state index >= 15 is 0 Å². The van der Waals surface area contributed by atoms with Crippen LogP contribution in [0.4, 0.5) is 15.9 Å². The molecular weight excluding hydrogens is 377 g/mol. The molecule has 0 aliphatic carbocycles. The van der Waals surface area contributed by atoms with Crippen molar-refractivity contribution in [3.05, 3.63) is 77.7 Å². The highest BCUT2D eigenvalue weighted by molar-refractivity contribution is 6.05. The maximum atomic E-state index is 14.2. The first-order valence-electron chi connectivity index (χ1n) is 8.57. The van der Waals surface area contributed by atoms with Gasteiger partial charge in [-0.2, -0.15) is 0 Å². The fraction of sp³-hybridized carbons (Fsp3) is 0.0952. The molecule has 1 aromatic heterocycles. The molecule has 3 aromatic rings. The van der Waals surface area contributed by atoms with Crippen molar-refractivity contribution in [2.45, 2.75) is 0 Å². The van der Waals surface area contributed by atoms with Gasteiger partial charge in [0, 0.05) is 11.6 Å². The Hall–Kier alpha value is -3.94. The van der Waals surface area contributed by atoms with Crippen LogP contribution < -0.4 is 20.1 Å². The zero-order valence-electron chi connectivity index (χ0n) is 15.7. The van der Waals surface area contributed by atoms with Crippen molar-refractivity contribution < 1.29 is 23.5 Å². The Balaban J connectivity index is 1.70. The van der Waals surface area contributed by atoms with E-state index in [1.54, 1.807) is 30.3 Å². The molecule has 148 valence electrons. The predicted octanol–water partition coefficient (Wildman–Crippen LogP) is 3.74. The van der Waals surface area contributed by atoms with Gasteiger partial charge in [-0.15, -0.1) is 0 Å². The number of pyridine rings is 1. The molecule has 8 heteroatoms. The van der Waals surface area contributed by atoms with E-state index in [1.165, 1.54) is 32.5 Å². The number of carbonyl (C=O) groups excluding carboxylic acids is 2. The van der Waals surface area contributed by atoms with E-state index in [0.717, 1.165) is 6.07 Å². The number of ether oxygens (including phenoxy) is 2. The summed E-state index contributed by atoms with van der Waals surface area (Å²) in [6, 6.07) is 14.1. The molecule has 2 aromatic carbocycles. The Morgan fingerprint density at radius 3 is 2.21 bits per heavy atom. The lowest BCUT2D eigenvalue weighted by molar-refractivity contribution is 0.101. The number of benzene rings is 2. The van der Waals surface area contributed by atoms with Crippen molar-refractivity contribution in [1.29, 1.82) is 0 Å². The normalized spacial score (nSPS) is 10.2. The van der Waals surface area contributed by atoms with E-state index in [0.29, 0.717) is 11.3 Å². The standard InChI is InChI=1S/C21H18FN3O4/c1-28-17-10-15(16(22)11-18(17)29-2)21(27)25-19-9-8-14(12-23-19)24-20(26)13-6-4-3-5-7-13/h3-12H,1-2H3,(H,24,26)(H,23,25,27). The van der Waals surface area contributed by atoms with Gasteiger partial charge in [0.25, 0.3) is 11.8 Å². The van der Waals surface area contributed by atoms with Crippen molar-refractivity contribution in [2.24, 2.45) is 0 Å². The molecule has 7 nitrogen and oxygen atoms in total. The fourth-order valence-corrected chi connectivity index (χ4v) is 2.55. The number of aromatic nitrogens is 1. The molecule has 0 atom stereocenters. The van der Waals surface area contributed by atoms with Crippen LogP contribution in [0.5, 0.6) is 11.5 Å². The van der Waals surface area contributed by atoms with Crippen LogP contribution in [0.25, 0.3) is 0 Å². The second kappa shape index (κ2) is 8.83. The van der Waals surface area contributed by atoms with Gasteiger partial charge >= 0.3 is 0 Å². The summed E-state index contributed by atoms with van der Waals surface area (Å²) in [4.78, 5) is 28.6. The van der Waals surface area contributed by atoms with Crippen LogP contribution in [0.2, 0.25) is 0 Å². The first-order valence-corrected chi connectivity index (χ1v) is 8.57. The van der Waals surface area contributed by atoms with Gasteiger partial charge in [-0.25, -0.2) is 9.37 Å². The molecule has 3 rings (SSSR count). The Morgan fingerprint density at radius 2 is 1.59 bits per heavy atom. The van der Waals surface area contributed by atoms with Gasteiger partial charge in [0.1, 0.15) is 11.6 Å². The lowest BCUT2D eigenvalue weighted by Gasteiger charge is -2.11. The molecule has 0 aliphatic rings. The number of hydrogen-bond acceptors (Lipinski definition) is 5. The topological polar surface area (TPSA) is 89.6 Å². The van der Waals surface area contributed by atoms with Crippen LogP contribution in [-0.2, 0) is 0 Å². The van der Waals surface area contributed by atoms with Crippen LogP contribution in [0, 0.1) is 5.82 Å². The lowest BCUT2D eigenvalue weighted by atomic mass is 10.1. The third kappa shape index (κ3) is 4.67. The number of methoxy groups -OCH3 is 2. The number of hydrogen-bond donors (Lipinski definition) is 2. The summed E-state index contributed by atoms with van der Waals surface area (Å²) in [5.41, 5.74) is 0.744. The quantitative estimate of drug-likeness (QED) is 0.664. The van der Waals surface area contributed by atoms with E-state index in [2.05, 4.69) is 15.6 Å². The summed E-state index contributed by atoms with van der Waals surface area (Å²) in [5.74, 6) is -1.13. The number of amides is 2. The van der Waals surface area contributed by atoms with Gasteiger partial charge in [0.2, 0.25) is 0 Å². The number of carbonyl (C=O) groups is 2. The van der Waals surface area contributed by atoms with Gasteiger partial charge < -0.3 is 20.1 Å². The average molecular weight is 395 g/mol. The minimum atomic E-state index is -0.758. The van der Waals surface area contributed by atoms with Gasteiger partial charge in [0.15, 0.2) is 11.5 Å². The largest absolute Gasteiger partial charge is 0.493 e. The van der Waals surface area contributed by atoms with Crippen LogP contribution in [-0.4, -0.2) is 31.0 Å². The number of rotatable bonds is 6. The lowest BCUT2D eigenvalue weighted by Crippen LogP contribution is -2.16. The number of nitrogens with zero attached hydrogens (tertiary/aromatic N) is 1.